The van der Waals surface area contributed by atoms with E-state index in [9.17, 15) is 4.57 Å². The van der Waals surface area contributed by atoms with E-state index >= 15 is 0 Å². The first-order chi connectivity index (χ1) is 8.10. The Morgan fingerprint density at radius 1 is 0.842 bits per heavy atom. The molecule has 0 saturated heterocycles. The molecule has 19 heavy (non-hydrogen) atoms. The average Bonchev–Trinajstić information content (AvgIpc) is 2.29. The molecular formula is C12H30Br3O3P. The zero-order valence-electron chi connectivity index (χ0n) is 10.5. The van der Waals surface area contributed by atoms with Crippen molar-refractivity contribution in [1.29, 1.82) is 0 Å². The highest BCUT2D eigenvalue weighted by Crippen LogP contribution is 2.48. The second-order valence-corrected chi connectivity index (χ2v) is 7.51. The van der Waals surface area contributed by atoms with E-state index in [1.54, 1.807) is 0 Å². The Morgan fingerprint density at radius 2 is 1.21 bits per heavy atom. The van der Waals surface area contributed by atoms with Crippen LogP contribution in [0.25, 0.3) is 0 Å². The van der Waals surface area contributed by atoms with Crippen molar-refractivity contribution >= 4 is 55.4 Å². The Balaban J connectivity index is -0.000000139. The topological polar surface area (TPSA) is 35.5 Å². The summed E-state index contributed by atoms with van der Waals surface area (Å²) in [6.45, 7) is 4.53. The van der Waals surface area contributed by atoms with Gasteiger partial charge in [-0.3, -0.25) is 4.57 Å². The molecule has 0 saturated carbocycles. The summed E-state index contributed by atoms with van der Waals surface area (Å²) in [7, 11) is -2.77. The third kappa shape index (κ3) is 22.0. The number of hydrogen-bond acceptors (Lipinski definition) is 3. The van der Waals surface area contributed by atoms with E-state index in [4.69, 9.17) is 9.05 Å². The van der Waals surface area contributed by atoms with Crippen LogP contribution in [0.4, 0.5) is 0 Å². The molecule has 0 aliphatic heterocycles. The first-order valence-electron chi connectivity index (χ1n) is 5.66. The van der Waals surface area contributed by atoms with Crippen LogP contribution < -0.4 is 0 Å². The number of halogens is 3. The zero-order valence-corrected chi connectivity index (χ0v) is 16.1. The van der Waals surface area contributed by atoms with E-state index in [1.807, 2.05) is 13.8 Å². The van der Waals surface area contributed by atoms with Gasteiger partial charge in [0.1, 0.15) is 0 Å². The Morgan fingerprint density at radius 3 is 1.42 bits per heavy atom. The molecule has 0 heterocycles. The Hall–Kier alpha value is 1.59. The summed E-state index contributed by atoms with van der Waals surface area (Å²) in [5, 5.41) is 3.05. The van der Waals surface area contributed by atoms with Gasteiger partial charge in [0.05, 0.1) is 19.4 Å². The fourth-order valence-electron chi connectivity index (χ4n) is 0.864. The van der Waals surface area contributed by atoms with Gasteiger partial charge in [-0.15, -0.1) is 0 Å². The molecule has 0 fully saturated rings. The van der Waals surface area contributed by atoms with Gasteiger partial charge >= 0.3 is 7.60 Å². The number of rotatable bonds is 9. The van der Waals surface area contributed by atoms with Crippen LogP contribution in [-0.4, -0.2) is 35.4 Å². The Labute approximate surface area is 145 Å². The van der Waals surface area contributed by atoms with E-state index in [2.05, 4.69) is 47.8 Å². The lowest BCUT2D eigenvalue weighted by Crippen LogP contribution is -2.00. The van der Waals surface area contributed by atoms with Gasteiger partial charge in [0, 0.05) is 16.0 Å². The number of hydrogen-bond donors (Lipinski definition) is 0. The summed E-state index contributed by atoms with van der Waals surface area (Å²) in [5.74, 6) is 0. The largest absolute Gasteiger partial charge is 0.330 e. The second kappa shape index (κ2) is 21.9. The first kappa shape index (κ1) is 28.7. The summed E-state index contributed by atoms with van der Waals surface area (Å²) >= 11 is 9.83. The minimum atomic E-state index is -2.77. The molecule has 0 rings (SSSR count). The van der Waals surface area contributed by atoms with Gasteiger partial charge in [-0.05, 0) is 26.7 Å². The van der Waals surface area contributed by atoms with Crippen LogP contribution in [0.3, 0.4) is 0 Å². The standard InChI is InChI=1S/C7H16BrO3P.C3H6Br2.2CH4/c1-3-10-12(9,11-4-2)7-5-6-8;4-2-1-3-5;;/h3-7H2,1-2H3;1-3H2;2*1H4. The maximum atomic E-state index is 11.7. The van der Waals surface area contributed by atoms with Crippen molar-refractivity contribution in [2.75, 3.05) is 35.4 Å². The van der Waals surface area contributed by atoms with Crippen LogP contribution in [0, 0.1) is 0 Å². The second-order valence-electron chi connectivity index (χ2n) is 2.94. The van der Waals surface area contributed by atoms with Crippen molar-refractivity contribution < 1.29 is 13.6 Å². The van der Waals surface area contributed by atoms with E-state index in [1.165, 1.54) is 6.42 Å². The van der Waals surface area contributed by atoms with Gasteiger partial charge in [0.2, 0.25) is 0 Å². The molecule has 3 nitrogen and oxygen atoms in total. The maximum absolute atomic E-state index is 11.7. The third-order valence-electron chi connectivity index (χ3n) is 1.48. The molecule has 0 unspecified atom stereocenters. The zero-order chi connectivity index (χ0) is 13.6. The average molecular weight is 493 g/mol. The fraction of sp³-hybridized carbons (Fsp3) is 1.00. The van der Waals surface area contributed by atoms with Crippen molar-refractivity contribution in [2.45, 2.75) is 41.5 Å². The normalized spacial score (nSPS) is 9.74. The van der Waals surface area contributed by atoms with E-state index in [0.717, 1.165) is 22.4 Å². The molecule has 0 bridgehead atoms. The molecule has 0 atom stereocenters. The highest BCUT2D eigenvalue weighted by Gasteiger charge is 2.21. The van der Waals surface area contributed by atoms with E-state index in [-0.39, 0.29) is 14.9 Å². The van der Waals surface area contributed by atoms with Crippen LogP contribution in [-0.2, 0) is 13.6 Å². The molecule has 0 aromatic heterocycles. The van der Waals surface area contributed by atoms with Gasteiger partial charge < -0.3 is 9.05 Å². The number of alkyl halides is 3. The molecule has 0 aromatic rings. The van der Waals surface area contributed by atoms with Crippen LogP contribution in [0.2, 0.25) is 0 Å². The monoisotopic (exact) mass is 490 g/mol. The summed E-state index contributed by atoms with van der Waals surface area (Å²) in [6, 6.07) is 0. The summed E-state index contributed by atoms with van der Waals surface area (Å²) in [5.41, 5.74) is 0. The maximum Gasteiger partial charge on any atom is 0.330 e. The van der Waals surface area contributed by atoms with Crippen LogP contribution in [0.5, 0.6) is 0 Å². The lowest BCUT2D eigenvalue weighted by Gasteiger charge is -2.15. The highest BCUT2D eigenvalue weighted by molar-refractivity contribution is 9.09. The molecule has 122 valence electrons. The summed E-state index contributed by atoms with van der Waals surface area (Å²) in [6.07, 6.45) is 2.54. The van der Waals surface area contributed by atoms with Gasteiger partial charge in [-0.1, -0.05) is 62.6 Å². The lowest BCUT2D eigenvalue weighted by atomic mass is 10.6. The molecule has 7 heteroatoms. The lowest BCUT2D eigenvalue weighted by molar-refractivity contribution is 0.220. The Bertz CT molecular complexity index is 183. The fourth-order valence-corrected chi connectivity index (χ4v) is 4.56. The molecule has 0 aromatic carbocycles. The van der Waals surface area contributed by atoms with Gasteiger partial charge in [-0.25, -0.2) is 0 Å². The smallest absolute Gasteiger partial charge is 0.309 e. The molecule has 0 spiro atoms. The van der Waals surface area contributed by atoms with E-state index < -0.39 is 7.60 Å². The van der Waals surface area contributed by atoms with Crippen LogP contribution in [0.1, 0.15) is 41.5 Å². The van der Waals surface area contributed by atoms with Gasteiger partial charge in [0.25, 0.3) is 0 Å². The molecule has 0 aliphatic carbocycles. The summed E-state index contributed by atoms with van der Waals surface area (Å²) in [4.78, 5) is 0. The van der Waals surface area contributed by atoms with Crippen LogP contribution >= 0.6 is 55.4 Å². The van der Waals surface area contributed by atoms with Crippen molar-refractivity contribution in [3.05, 3.63) is 0 Å². The van der Waals surface area contributed by atoms with Crippen molar-refractivity contribution in [3.8, 4) is 0 Å². The molecule has 0 N–H and O–H groups in total. The minimum Gasteiger partial charge on any atom is -0.309 e. The van der Waals surface area contributed by atoms with Gasteiger partial charge in [-0.2, -0.15) is 0 Å². The molecular weight excluding hydrogens is 463 g/mol. The predicted octanol–water partition coefficient (Wildman–Crippen LogP) is 6.48. The summed E-state index contributed by atoms with van der Waals surface area (Å²) < 4.78 is 21.9. The quantitative estimate of drug-likeness (QED) is 0.273. The van der Waals surface area contributed by atoms with Gasteiger partial charge in [0.15, 0.2) is 0 Å². The van der Waals surface area contributed by atoms with Crippen molar-refractivity contribution in [1.82, 2.24) is 0 Å². The minimum absolute atomic E-state index is 0. The third-order valence-corrected chi connectivity index (χ3v) is 5.33. The highest BCUT2D eigenvalue weighted by atomic mass is 79.9. The van der Waals surface area contributed by atoms with Crippen molar-refractivity contribution in [3.63, 3.8) is 0 Å². The SMILES string of the molecule is BrCCCBr.C.C.CCOP(=O)(CCCBr)OCC. The first-order valence-corrected chi connectivity index (χ1v) is 10.7. The molecule has 0 aliphatic rings. The molecule has 0 amide bonds. The Kier molecular flexibility index (Phi) is 33.1. The van der Waals surface area contributed by atoms with Crippen LogP contribution in [0.15, 0.2) is 0 Å². The molecule has 0 radical (unpaired) electrons. The predicted molar refractivity (Wildman–Crippen MR) is 99.8 cm³/mol. The van der Waals surface area contributed by atoms with Crippen molar-refractivity contribution in [2.24, 2.45) is 0 Å². The van der Waals surface area contributed by atoms with E-state index in [0.29, 0.717) is 19.4 Å².